The summed E-state index contributed by atoms with van der Waals surface area (Å²) in [5, 5.41) is 2.87. The fourth-order valence-electron chi connectivity index (χ4n) is 3.44. The molecule has 0 bridgehead atoms. The van der Waals surface area contributed by atoms with E-state index in [2.05, 4.69) is 5.32 Å². The summed E-state index contributed by atoms with van der Waals surface area (Å²) < 4.78 is 11.1. The van der Waals surface area contributed by atoms with E-state index in [-0.39, 0.29) is 18.4 Å². The Labute approximate surface area is 158 Å². The first-order valence-electron chi connectivity index (χ1n) is 9.14. The highest BCUT2D eigenvalue weighted by Crippen LogP contribution is 2.26. The van der Waals surface area contributed by atoms with Crippen molar-refractivity contribution >= 4 is 17.5 Å². The number of fused-ring (bicyclic) bond motifs is 1. The first kappa shape index (κ1) is 17.5. The number of nitrogens with one attached hydrogen (secondary N) is 1. The molecule has 0 aromatic heterocycles. The van der Waals surface area contributed by atoms with Gasteiger partial charge in [-0.3, -0.25) is 9.59 Å². The van der Waals surface area contributed by atoms with E-state index in [9.17, 15) is 9.59 Å². The van der Waals surface area contributed by atoms with Gasteiger partial charge in [-0.05, 0) is 48.4 Å². The number of morpholine rings is 1. The topological polar surface area (TPSA) is 67.9 Å². The second kappa shape index (κ2) is 7.40. The minimum Gasteiger partial charge on any atom is -0.493 e. The summed E-state index contributed by atoms with van der Waals surface area (Å²) in [7, 11) is 0. The van der Waals surface area contributed by atoms with Crippen LogP contribution in [0.3, 0.4) is 0 Å². The molecule has 2 aromatic rings. The van der Waals surface area contributed by atoms with Crippen LogP contribution in [0.2, 0.25) is 0 Å². The largest absolute Gasteiger partial charge is 0.493 e. The van der Waals surface area contributed by atoms with Gasteiger partial charge in [0.15, 0.2) is 6.10 Å². The monoisotopic (exact) mass is 366 g/mol. The highest BCUT2D eigenvalue weighted by molar-refractivity contribution is 5.97. The summed E-state index contributed by atoms with van der Waals surface area (Å²) in [6, 6.07) is 13.1. The molecule has 27 heavy (non-hydrogen) atoms. The quantitative estimate of drug-likeness (QED) is 0.906. The van der Waals surface area contributed by atoms with Gasteiger partial charge in [0.1, 0.15) is 5.75 Å². The number of nitrogens with zero attached hydrogens (tertiary/aromatic N) is 1. The Morgan fingerprint density at radius 1 is 1.15 bits per heavy atom. The Hall–Kier alpha value is -2.86. The molecule has 2 aliphatic rings. The van der Waals surface area contributed by atoms with E-state index in [4.69, 9.17) is 9.47 Å². The smallest absolute Gasteiger partial charge is 0.255 e. The molecule has 1 atom stereocenters. The van der Waals surface area contributed by atoms with Crippen molar-refractivity contribution in [1.82, 2.24) is 4.90 Å². The van der Waals surface area contributed by atoms with Crippen molar-refractivity contribution in [3.05, 3.63) is 59.2 Å². The van der Waals surface area contributed by atoms with Gasteiger partial charge in [0.2, 0.25) is 0 Å². The molecule has 0 radical (unpaired) electrons. The lowest BCUT2D eigenvalue weighted by Gasteiger charge is -2.32. The molecular formula is C21H22N2O4. The van der Waals surface area contributed by atoms with Gasteiger partial charge in [-0.15, -0.1) is 0 Å². The van der Waals surface area contributed by atoms with Crippen molar-refractivity contribution in [3.63, 3.8) is 0 Å². The molecular weight excluding hydrogens is 344 g/mol. The summed E-state index contributed by atoms with van der Waals surface area (Å²) in [5.74, 6) is 0.533. The molecule has 2 heterocycles. The number of anilines is 1. The maximum absolute atomic E-state index is 12.9. The average molecular weight is 366 g/mol. The number of benzene rings is 2. The minimum atomic E-state index is -0.680. The van der Waals surface area contributed by atoms with Crippen LogP contribution in [0.1, 0.15) is 21.5 Å². The fraction of sp³-hybridized carbons (Fsp3) is 0.333. The van der Waals surface area contributed by atoms with E-state index in [0.717, 1.165) is 29.0 Å². The molecule has 0 saturated carbocycles. The molecule has 0 spiro atoms. The first-order valence-corrected chi connectivity index (χ1v) is 9.14. The van der Waals surface area contributed by atoms with Crippen molar-refractivity contribution in [2.75, 3.05) is 31.6 Å². The molecule has 1 saturated heterocycles. The van der Waals surface area contributed by atoms with Crippen LogP contribution in [0.25, 0.3) is 0 Å². The normalized spacial score (nSPS) is 18.6. The zero-order valence-corrected chi connectivity index (χ0v) is 15.2. The molecule has 2 amide bonds. The number of hydrogen-bond acceptors (Lipinski definition) is 4. The van der Waals surface area contributed by atoms with E-state index in [0.29, 0.717) is 25.3 Å². The van der Waals surface area contributed by atoms with E-state index in [1.54, 1.807) is 11.0 Å². The van der Waals surface area contributed by atoms with Crippen molar-refractivity contribution in [1.29, 1.82) is 0 Å². The highest BCUT2D eigenvalue weighted by Gasteiger charge is 2.30. The Balaban J connectivity index is 1.43. The SMILES string of the molecule is Cc1cccc(NC(=O)C2CN(C(=O)c3ccc4c(c3)CCO4)CCO2)c1. The summed E-state index contributed by atoms with van der Waals surface area (Å²) in [6.45, 7) is 3.68. The van der Waals surface area contributed by atoms with Crippen molar-refractivity contribution < 1.29 is 19.1 Å². The third-order valence-corrected chi connectivity index (χ3v) is 4.87. The van der Waals surface area contributed by atoms with Crippen LogP contribution in [0.4, 0.5) is 5.69 Å². The number of ether oxygens (including phenoxy) is 2. The lowest BCUT2D eigenvalue weighted by atomic mass is 10.1. The van der Waals surface area contributed by atoms with Gasteiger partial charge in [-0.2, -0.15) is 0 Å². The van der Waals surface area contributed by atoms with E-state index >= 15 is 0 Å². The second-order valence-corrected chi connectivity index (χ2v) is 6.89. The van der Waals surface area contributed by atoms with E-state index in [1.807, 2.05) is 43.3 Å². The summed E-state index contributed by atoms with van der Waals surface area (Å²) in [5.41, 5.74) is 3.47. The summed E-state index contributed by atoms with van der Waals surface area (Å²) in [6.07, 6.45) is 0.141. The number of carbonyl (C=O) groups excluding carboxylic acids is 2. The Morgan fingerprint density at radius 3 is 2.89 bits per heavy atom. The molecule has 4 rings (SSSR count). The Morgan fingerprint density at radius 2 is 2.04 bits per heavy atom. The molecule has 1 N–H and O–H groups in total. The van der Waals surface area contributed by atoms with Gasteiger partial charge in [-0.25, -0.2) is 0 Å². The number of aryl methyl sites for hydroxylation is 1. The van der Waals surface area contributed by atoms with Gasteiger partial charge in [0.25, 0.3) is 11.8 Å². The van der Waals surface area contributed by atoms with Crippen molar-refractivity contribution in [2.24, 2.45) is 0 Å². The van der Waals surface area contributed by atoms with Gasteiger partial charge < -0.3 is 19.7 Å². The fourth-order valence-corrected chi connectivity index (χ4v) is 3.44. The number of rotatable bonds is 3. The van der Waals surface area contributed by atoms with Crippen molar-refractivity contribution in [3.8, 4) is 5.75 Å². The third-order valence-electron chi connectivity index (χ3n) is 4.87. The van der Waals surface area contributed by atoms with Gasteiger partial charge in [0.05, 0.1) is 19.8 Å². The zero-order chi connectivity index (χ0) is 18.8. The first-order chi connectivity index (χ1) is 13.1. The molecule has 6 nitrogen and oxygen atoms in total. The van der Waals surface area contributed by atoms with Gasteiger partial charge in [0, 0.05) is 24.2 Å². The average Bonchev–Trinajstić information content (AvgIpc) is 3.15. The van der Waals surface area contributed by atoms with Gasteiger partial charge in [-0.1, -0.05) is 12.1 Å². The highest BCUT2D eigenvalue weighted by atomic mass is 16.5. The molecule has 1 fully saturated rings. The van der Waals surface area contributed by atoms with E-state index < -0.39 is 6.10 Å². The number of amides is 2. The maximum Gasteiger partial charge on any atom is 0.255 e. The second-order valence-electron chi connectivity index (χ2n) is 6.89. The van der Waals surface area contributed by atoms with Crippen LogP contribution in [0.15, 0.2) is 42.5 Å². The third kappa shape index (κ3) is 3.80. The lowest BCUT2D eigenvalue weighted by molar-refractivity contribution is -0.131. The summed E-state index contributed by atoms with van der Waals surface area (Å²) in [4.78, 5) is 27.1. The van der Waals surface area contributed by atoms with Gasteiger partial charge >= 0.3 is 0 Å². The molecule has 140 valence electrons. The Kier molecular flexibility index (Phi) is 4.81. The van der Waals surface area contributed by atoms with Crippen molar-refractivity contribution in [2.45, 2.75) is 19.4 Å². The molecule has 2 aliphatic heterocycles. The maximum atomic E-state index is 12.9. The van der Waals surface area contributed by atoms with Crippen LogP contribution < -0.4 is 10.1 Å². The molecule has 0 aliphatic carbocycles. The molecule has 6 heteroatoms. The Bertz CT molecular complexity index is 880. The van der Waals surface area contributed by atoms with Crippen LogP contribution in [0.5, 0.6) is 5.75 Å². The van der Waals surface area contributed by atoms with E-state index in [1.165, 1.54) is 0 Å². The predicted molar refractivity (Wildman–Crippen MR) is 101 cm³/mol. The standard InChI is InChI=1S/C21H22N2O4/c1-14-3-2-4-17(11-14)22-20(24)19-13-23(8-10-27-19)21(25)16-5-6-18-15(12-16)7-9-26-18/h2-6,11-12,19H,7-10,13H2,1H3,(H,22,24). The molecule has 2 aromatic carbocycles. The zero-order valence-electron chi connectivity index (χ0n) is 15.2. The van der Waals surface area contributed by atoms with Crippen LogP contribution >= 0.6 is 0 Å². The van der Waals surface area contributed by atoms with Crippen LogP contribution in [0, 0.1) is 6.92 Å². The predicted octanol–water partition coefficient (Wildman–Crippen LogP) is 2.41. The minimum absolute atomic E-state index is 0.0821. The number of hydrogen-bond donors (Lipinski definition) is 1. The lowest BCUT2D eigenvalue weighted by Crippen LogP contribution is -2.50. The van der Waals surface area contributed by atoms with Crippen LogP contribution in [-0.2, 0) is 16.0 Å². The molecule has 1 unspecified atom stereocenters. The summed E-state index contributed by atoms with van der Waals surface area (Å²) >= 11 is 0. The number of carbonyl (C=O) groups is 2. The van der Waals surface area contributed by atoms with Crippen LogP contribution in [-0.4, -0.2) is 49.1 Å².